The van der Waals surface area contributed by atoms with Crippen molar-refractivity contribution >= 4 is 15.9 Å². The highest BCUT2D eigenvalue weighted by molar-refractivity contribution is 9.10. The maximum atomic E-state index is 5.79. The zero-order valence-corrected chi connectivity index (χ0v) is 11.7. The van der Waals surface area contributed by atoms with Crippen LogP contribution in [-0.4, -0.2) is 14.8 Å². The van der Waals surface area contributed by atoms with Crippen molar-refractivity contribution in [2.24, 2.45) is 5.73 Å². The molecule has 0 bridgehead atoms. The first-order valence-electron chi connectivity index (χ1n) is 5.44. The molecule has 0 saturated heterocycles. The van der Waals surface area contributed by atoms with Crippen LogP contribution < -0.4 is 5.73 Å². The minimum Gasteiger partial charge on any atom is -0.324 e. The van der Waals surface area contributed by atoms with Crippen molar-refractivity contribution in [1.29, 1.82) is 0 Å². The van der Waals surface area contributed by atoms with Crippen molar-refractivity contribution in [1.82, 2.24) is 14.8 Å². The van der Waals surface area contributed by atoms with Crippen LogP contribution in [0.4, 0.5) is 0 Å². The fourth-order valence-electron chi connectivity index (χ4n) is 1.64. The van der Waals surface area contributed by atoms with Crippen molar-refractivity contribution in [2.45, 2.75) is 26.8 Å². The van der Waals surface area contributed by atoms with Gasteiger partial charge in [-0.3, -0.25) is 0 Å². The Hall–Kier alpha value is -1.20. The molecule has 0 aliphatic heterocycles. The maximum absolute atomic E-state index is 5.79. The molecule has 5 heteroatoms. The molecule has 0 spiro atoms. The molecular formula is C12H15BrN4. The summed E-state index contributed by atoms with van der Waals surface area (Å²) in [6.45, 7) is 5.91. The van der Waals surface area contributed by atoms with Crippen LogP contribution in [0.25, 0.3) is 5.82 Å². The van der Waals surface area contributed by atoms with Gasteiger partial charge < -0.3 is 5.73 Å². The molecular weight excluding hydrogens is 280 g/mol. The molecule has 0 aliphatic rings. The largest absolute Gasteiger partial charge is 0.324 e. The van der Waals surface area contributed by atoms with E-state index in [0.29, 0.717) is 0 Å². The lowest BCUT2D eigenvalue weighted by atomic mass is 10.1. The fraction of sp³-hybridized carbons (Fsp3) is 0.333. The van der Waals surface area contributed by atoms with Gasteiger partial charge in [0.25, 0.3) is 0 Å². The van der Waals surface area contributed by atoms with E-state index in [0.717, 1.165) is 27.2 Å². The number of hydrogen-bond donors (Lipinski definition) is 1. The second kappa shape index (κ2) is 4.58. The number of aryl methyl sites for hydroxylation is 1. The van der Waals surface area contributed by atoms with E-state index >= 15 is 0 Å². The van der Waals surface area contributed by atoms with Crippen LogP contribution in [0, 0.1) is 13.8 Å². The van der Waals surface area contributed by atoms with E-state index in [1.165, 1.54) is 0 Å². The zero-order valence-electron chi connectivity index (χ0n) is 10.1. The average Bonchev–Trinajstić information content (AvgIpc) is 2.57. The predicted molar refractivity (Wildman–Crippen MR) is 71.1 cm³/mol. The second-order valence-electron chi connectivity index (χ2n) is 4.14. The first-order valence-corrected chi connectivity index (χ1v) is 6.23. The van der Waals surface area contributed by atoms with E-state index in [2.05, 4.69) is 26.0 Å². The molecule has 0 fully saturated rings. The molecule has 0 aromatic carbocycles. The van der Waals surface area contributed by atoms with E-state index in [9.17, 15) is 0 Å². The maximum Gasteiger partial charge on any atom is 0.153 e. The third kappa shape index (κ3) is 2.25. The molecule has 17 heavy (non-hydrogen) atoms. The van der Waals surface area contributed by atoms with Gasteiger partial charge >= 0.3 is 0 Å². The monoisotopic (exact) mass is 294 g/mol. The van der Waals surface area contributed by atoms with Gasteiger partial charge in [-0.15, -0.1) is 0 Å². The Kier molecular flexibility index (Phi) is 3.31. The topological polar surface area (TPSA) is 56.7 Å². The van der Waals surface area contributed by atoms with Gasteiger partial charge in [0.1, 0.15) is 0 Å². The molecule has 0 saturated carbocycles. The van der Waals surface area contributed by atoms with E-state index in [4.69, 9.17) is 5.73 Å². The molecule has 2 aromatic rings. The Morgan fingerprint density at radius 1 is 1.35 bits per heavy atom. The highest BCUT2D eigenvalue weighted by Gasteiger charge is 2.11. The highest BCUT2D eigenvalue weighted by atomic mass is 79.9. The summed E-state index contributed by atoms with van der Waals surface area (Å²) in [7, 11) is 0. The number of hydrogen-bond acceptors (Lipinski definition) is 3. The van der Waals surface area contributed by atoms with Gasteiger partial charge in [0, 0.05) is 12.2 Å². The summed E-state index contributed by atoms with van der Waals surface area (Å²) in [5, 5.41) is 4.43. The zero-order chi connectivity index (χ0) is 12.6. The van der Waals surface area contributed by atoms with Crippen molar-refractivity contribution < 1.29 is 0 Å². The standard InChI is InChI=1S/C12H15BrN4/c1-7(14)10-4-5-11(15-6-10)17-9(3)12(13)8(2)16-17/h4-7H,14H2,1-3H3/t7-/m1/s1. The van der Waals surface area contributed by atoms with Crippen molar-refractivity contribution in [2.75, 3.05) is 0 Å². The predicted octanol–water partition coefficient (Wildman–Crippen LogP) is 2.67. The number of rotatable bonds is 2. The normalized spacial score (nSPS) is 12.8. The summed E-state index contributed by atoms with van der Waals surface area (Å²) in [5.74, 6) is 0.806. The minimum atomic E-state index is 0.00346. The van der Waals surface area contributed by atoms with Gasteiger partial charge in [-0.1, -0.05) is 6.07 Å². The van der Waals surface area contributed by atoms with Gasteiger partial charge in [-0.2, -0.15) is 5.10 Å². The van der Waals surface area contributed by atoms with E-state index in [1.54, 1.807) is 6.20 Å². The van der Waals surface area contributed by atoms with Gasteiger partial charge in [0.15, 0.2) is 5.82 Å². The van der Waals surface area contributed by atoms with Gasteiger partial charge in [-0.05, 0) is 48.3 Å². The summed E-state index contributed by atoms with van der Waals surface area (Å²) in [5.41, 5.74) is 8.82. The van der Waals surface area contributed by atoms with Gasteiger partial charge in [0.2, 0.25) is 0 Å². The van der Waals surface area contributed by atoms with Gasteiger partial charge in [-0.25, -0.2) is 9.67 Å². The molecule has 0 amide bonds. The van der Waals surface area contributed by atoms with Crippen LogP contribution in [0.15, 0.2) is 22.8 Å². The number of nitrogens with zero attached hydrogens (tertiary/aromatic N) is 3. The van der Waals surface area contributed by atoms with Crippen LogP contribution in [0.2, 0.25) is 0 Å². The lowest BCUT2D eigenvalue weighted by Gasteiger charge is -2.07. The van der Waals surface area contributed by atoms with Crippen LogP contribution in [-0.2, 0) is 0 Å². The smallest absolute Gasteiger partial charge is 0.153 e. The molecule has 0 radical (unpaired) electrons. The molecule has 1 atom stereocenters. The lowest BCUT2D eigenvalue weighted by molar-refractivity contribution is 0.783. The van der Waals surface area contributed by atoms with E-state index in [1.807, 2.05) is 37.6 Å². The van der Waals surface area contributed by atoms with Crippen molar-refractivity contribution in [3.63, 3.8) is 0 Å². The summed E-state index contributed by atoms with van der Waals surface area (Å²) < 4.78 is 2.85. The number of nitrogens with two attached hydrogens (primary N) is 1. The Morgan fingerprint density at radius 2 is 2.06 bits per heavy atom. The van der Waals surface area contributed by atoms with Gasteiger partial charge in [0.05, 0.1) is 15.9 Å². The number of pyridine rings is 1. The van der Waals surface area contributed by atoms with E-state index in [-0.39, 0.29) is 6.04 Å². The molecule has 0 aliphatic carbocycles. The number of aromatic nitrogens is 3. The first kappa shape index (κ1) is 12.3. The third-order valence-corrected chi connectivity index (χ3v) is 3.86. The molecule has 2 aromatic heterocycles. The molecule has 2 N–H and O–H groups in total. The van der Waals surface area contributed by atoms with Crippen LogP contribution in [0.5, 0.6) is 0 Å². The number of halogens is 1. The molecule has 90 valence electrons. The van der Waals surface area contributed by atoms with Crippen molar-refractivity contribution in [3.05, 3.63) is 39.8 Å². The molecule has 2 heterocycles. The Balaban J connectivity index is 2.43. The third-order valence-electron chi connectivity index (χ3n) is 2.72. The quantitative estimate of drug-likeness (QED) is 0.926. The molecule has 2 rings (SSSR count). The van der Waals surface area contributed by atoms with Crippen LogP contribution in [0.1, 0.15) is 29.9 Å². The summed E-state index contributed by atoms with van der Waals surface area (Å²) in [6, 6.07) is 3.92. The highest BCUT2D eigenvalue weighted by Crippen LogP contribution is 2.22. The lowest BCUT2D eigenvalue weighted by Crippen LogP contribution is -2.07. The first-order chi connectivity index (χ1) is 8.00. The summed E-state index contributed by atoms with van der Waals surface area (Å²) >= 11 is 3.50. The molecule has 0 unspecified atom stereocenters. The Labute approximate surface area is 109 Å². The Bertz CT molecular complexity index is 528. The second-order valence-corrected chi connectivity index (χ2v) is 4.93. The fourth-order valence-corrected chi connectivity index (χ4v) is 1.89. The summed E-state index contributed by atoms with van der Waals surface area (Å²) in [6.07, 6.45) is 1.80. The van der Waals surface area contributed by atoms with Crippen LogP contribution >= 0.6 is 15.9 Å². The SMILES string of the molecule is Cc1nn(-c2ccc([C@@H](C)N)cn2)c(C)c1Br. The van der Waals surface area contributed by atoms with E-state index < -0.39 is 0 Å². The average molecular weight is 295 g/mol. The Morgan fingerprint density at radius 3 is 2.47 bits per heavy atom. The van der Waals surface area contributed by atoms with Crippen molar-refractivity contribution in [3.8, 4) is 5.82 Å². The summed E-state index contributed by atoms with van der Waals surface area (Å²) in [4.78, 5) is 4.39. The minimum absolute atomic E-state index is 0.00346. The van der Waals surface area contributed by atoms with Crippen LogP contribution in [0.3, 0.4) is 0 Å². The molecule has 4 nitrogen and oxygen atoms in total.